The molecule has 1 aromatic rings. The second-order valence-electron chi connectivity index (χ2n) is 10.9. The molecular weight excluding hydrogens is 524 g/mol. The van der Waals surface area contributed by atoms with E-state index in [1.54, 1.807) is 12.1 Å². The molecule has 0 spiro atoms. The minimum absolute atomic E-state index is 0.0313. The van der Waals surface area contributed by atoms with Crippen LogP contribution in [0.4, 0.5) is 0 Å². The zero-order chi connectivity index (χ0) is 28.9. The number of benzene rings is 1. The van der Waals surface area contributed by atoms with Crippen LogP contribution in [0.3, 0.4) is 0 Å². The maximum Gasteiger partial charge on any atom is 0.334 e. The van der Waals surface area contributed by atoms with E-state index >= 15 is 0 Å². The number of esters is 2. The average Bonchev–Trinajstić information content (AvgIpc) is 3.36. The van der Waals surface area contributed by atoms with Gasteiger partial charge in [0.05, 0.1) is 25.0 Å². The molecule has 5 N–H and O–H groups in total. The van der Waals surface area contributed by atoms with Gasteiger partial charge in [-0.25, -0.2) is 4.79 Å². The van der Waals surface area contributed by atoms with Crippen molar-refractivity contribution in [1.82, 2.24) is 0 Å². The second kappa shape index (κ2) is 11.1. The number of hydrogen-bond donors (Lipinski definition) is 5. The lowest BCUT2D eigenvalue weighted by Crippen LogP contribution is -2.59. The lowest BCUT2D eigenvalue weighted by Gasteiger charge is -2.40. The van der Waals surface area contributed by atoms with E-state index in [0.29, 0.717) is 17.6 Å². The number of aliphatic hydroxyl groups excluding tert-OH is 4. The highest BCUT2D eigenvalue weighted by molar-refractivity contribution is 5.91. The smallest absolute Gasteiger partial charge is 0.334 e. The summed E-state index contributed by atoms with van der Waals surface area (Å²) in [5, 5.41) is 49.7. The quantitative estimate of drug-likeness (QED) is 0.184. The Balaban J connectivity index is 1.34. The van der Waals surface area contributed by atoms with Crippen molar-refractivity contribution in [2.24, 2.45) is 17.8 Å². The standard InChI is InChI=1S/C29H34O11/c1-12-8-19(37-21(32)9-15-4-6-16(31)7-5-15)23-14(3)28(36)40-27(23)22-13(2)18(10-17(12)22)38-29-26(35)25(34)24(33)20(11-30)39-29/h4-7,17-20,22-27,29-31,33-35H,1-3,8-11H2/t17-,18+,19-,20+,22-,23+,24+,25-,26+,27+,29+/m1/s1. The Morgan fingerprint density at radius 1 is 1.02 bits per heavy atom. The van der Waals surface area contributed by atoms with Crippen LogP contribution in [0.15, 0.2) is 60.7 Å². The van der Waals surface area contributed by atoms with Gasteiger partial charge in [-0.15, -0.1) is 0 Å². The van der Waals surface area contributed by atoms with E-state index in [1.807, 2.05) is 0 Å². The molecule has 2 aliphatic heterocycles. The van der Waals surface area contributed by atoms with Crippen LogP contribution < -0.4 is 0 Å². The van der Waals surface area contributed by atoms with Crippen LogP contribution in [-0.2, 0) is 35.0 Å². The number of hydrogen-bond acceptors (Lipinski definition) is 11. The molecule has 2 saturated carbocycles. The van der Waals surface area contributed by atoms with Gasteiger partial charge in [-0.2, -0.15) is 0 Å². The molecule has 5 rings (SSSR count). The summed E-state index contributed by atoms with van der Waals surface area (Å²) in [5.74, 6) is -2.38. The van der Waals surface area contributed by atoms with E-state index < -0.39 is 79.4 Å². The Bertz CT molecular complexity index is 1190. The van der Waals surface area contributed by atoms with Crippen LogP contribution in [0.5, 0.6) is 5.75 Å². The number of carbonyl (C=O) groups excluding carboxylic acids is 2. The first kappa shape index (κ1) is 28.5. The van der Waals surface area contributed by atoms with E-state index in [0.717, 1.165) is 5.57 Å². The molecule has 0 radical (unpaired) electrons. The molecule has 11 heteroatoms. The van der Waals surface area contributed by atoms with Gasteiger partial charge >= 0.3 is 11.9 Å². The van der Waals surface area contributed by atoms with E-state index in [-0.39, 0.29) is 30.1 Å². The number of aliphatic hydroxyl groups is 4. The Kier molecular flexibility index (Phi) is 7.88. The SMILES string of the molecule is C=C1C(=O)O[C@@H]2[C@@H]1[C@H](OC(=O)Cc1ccc(O)cc1)CC(=C)[C@H]1C[C@H](O[C@H]3O[C@@H](CO)[C@H](O)[C@@H](O)[C@@H]3O)C(=C)[C@@H]21. The van der Waals surface area contributed by atoms with Crippen LogP contribution in [-0.4, -0.2) is 93.1 Å². The molecule has 2 aliphatic carbocycles. The Morgan fingerprint density at radius 2 is 1.73 bits per heavy atom. The summed E-state index contributed by atoms with van der Waals surface area (Å²) < 4.78 is 23.2. The monoisotopic (exact) mass is 558 g/mol. The molecule has 0 bridgehead atoms. The van der Waals surface area contributed by atoms with Crippen molar-refractivity contribution in [2.75, 3.05) is 6.61 Å². The maximum atomic E-state index is 12.9. The number of aromatic hydroxyl groups is 1. The number of carbonyl (C=O) groups is 2. The summed E-state index contributed by atoms with van der Waals surface area (Å²) in [4.78, 5) is 25.5. The van der Waals surface area contributed by atoms with Crippen molar-refractivity contribution in [3.63, 3.8) is 0 Å². The lowest BCUT2D eigenvalue weighted by molar-refractivity contribution is -0.308. The highest BCUT2D eigenvalue weighted by Gasteiger charge is 2.58. The van der Waals surface area contributed by atoms with Crippen LogP contribution in [0.25, 0.3) is 0 Å². The fraction of sp³-hybridized carbons (Fsp3) is 0.517. The molecule has 0 aromatic heterocycles. The second-order valence-corrected chi connectivity index (χ2v) is 10.9. The molecule has 11 atom stereocenters. The lowest BCUT2D eigenvalue weighted by atomic mass is 9.81. The molecule has 0 amide bonds. The maximum absolute atomic E-state index is 12.9. The molecule has 2 saturated heterocycles. The Labute approximate surface area is 230 Å². The molecule has 40 heavy (non-hydrogen) atoms. The van der Waals surface area contributed by atoms with Gasteiger partial charge in [0, 0.05) is 17.9 Å². The molecule has 1 aromatic carbocycles. The fourth-order valence-electron chi connectivity index (χ4n) is 6.33. The minimum atomic E-state index is -1.59. The third-order valence-electron chi connectivity index (χ3n) is 8.46. The van der Waals surface area contributed by atoms with Gasteiger partial charge in [-0.3, -0.25) is 4.79 Å². The van der Waals surface area contributed by atoms with Crippen LogP contribution >= 0.6 is 0 Å². The summed E-state index contributed by atoms with van der Waals surface area (Å²) in [6.45, 7) is 11.8. The normalized spacial score (nSPS) is 39.4. The zero-order valence-corrected chi connectivity index (χ0v) is 21.8. The number of rotatable bonds is 6. The highest BCUT2D eigenvalue weighted by atomic mass is 16.7. The van der Waals surface area contributed by atoms with Gasteiger partial charge in [0.15, 0.2) is 6.29 Å². The van der Waals surface area contributed by atoms with Crippen LogP contribution in [0.2, 0.25) is 0 Å². The van der Waals surface area contributed by atoms with Crippen LogP contribution in [0.1, 0.15) is 18.4 Å². The largest absolute Gasteiger partial charge is 0.508 e. The first-order valence-electron chi connectivity index (χ1n) is 13.2. The first-order valence-corrected chi connectivity index (χ1v) is 13.2. The van der Waals surface area contributed by atoms with Gasteiger partial charge in [0.1, 0.15) is 42.4 Å². The Morgan fingerprint density at radius 3 is 2.40 bits per heavy atom. The van der Waals surface area contributed by atoms with Crippen molar-refractivity contribution < 1.29 is 54.1 Å². The third-order valence-corrected chi connectivity index (χ3v) is 8.46. The summed E-state index contributed by atoms with van der Waals surface area (Å²) >= 11 is 0. The zero-order valence-electron chi connectivity index (χ0n) is 21.8. The topological polar surface area (TPSA) is 172 Å². The Hall–Kier alpha value is -3.06. The number of fused-ring (bicyclic) bond motifs is 3. The number of ether oxygens (including phenoxy) is 4. The summed E-state index contributed by atoms with van der Waals surface area (Å²) in [6.07, 6.45) is -8.77. The van der Waals surface area contributed by atoms with E-state index in [4.69, 9.17) is 18.9 Å². The van der Waals surface area contributed by atoms with E-state index in [2.05, 4.69) is 19.7 Å². The number of phenolic OH excluding ortho intramolecular Hbond substituents is 1. The summed E-state index contributed by atoms with van der Waals surface area (Å²) in [7, 11) is 0. The third kappa shape index (κ3) is 5.09. The van der Waals surface area contributed by atoms with Crippen molar-refractivity contribution in [1.29, 1.82) is 0 Å². The van der Waals surface area contributed by atoms with E-state index in [9.17, 15) is 35.1 Å². The summed E-state index contributed by atoms with van der Waals surface area (Å²) in [6, 6.07) is 6.20. The number of phenols is 1. The van der Waals surface area contributed by atoms with Gasteiger partial charge in [0.25, 0.3) is 0 Å². The molecule has 11 nitrogen and oxygen atoms in total. The van der Waals surface area contributed by atoms with Gasteiger partial charge in [0.2, 0.25) is 0 Å². The first-order chi connectivity index (χ1) is 19.0. The molecule has 0 unspecified atom stereocenters. The molecular formula is C29H34O11. The predicted molar refractivity (Wildman–Crippen MR) is 137 cm³/mol. The molecule has 4 fully saturated rings. The van der Waals surface area contributed by atoms with Gasteiger partial charge < -0.3 is 44.5 Å². The van der Waals surface area contributed by atoms with Crippen molar-refractivity contribution in [3.8, 4) is 5.75 Å². The summed E-state index contributed by atoms with van der Waals surface area (Å²) in [5.41, 5.74) is 2.14. The highest BCUT2D eigenvalue weighted by Crippen LogP contribution is 2.53. The van der Waals surface area contributed by atoms with Crippen molar-refractivity contribution in [3.05, 3.63) is 66.3 Å². The van der Waals surface area contributed by atoms with Gasteiger partial charge in [-0.1, -0.05) is 37.4 Å². The van der Waals surface area contributed by atoms with Crippen LogP contribution in [0, 0.1) is 17.8 Å². The van der Waals surface area contributed by atoms with E-state index in [1.165, 1.54) is 12.1 Å². The fourth-order valence-corrected chi connectivity index (χ4v) is 6.33. The van der Waals surface area contributed by atoms with Gasteiger partial charge in [-0.05, 0) is 35.6 Å². The average molecular weight is 559 g/mol. The molecule has 4 aliphatic rings. The van der Waals surface area contributed by atoms with Crippen molar-refractivity contribution >= 4 is 11.9 Å². The minimum Gasteiger partial charge on any atom is -0.508 e. The molecule has 2 heterocycles. The molecule has 216 valence electrons. The van der Waals surface area contributed by atoms with Crippen molar-refractivity contribution in [2.45, 2.75) is 68.3 Å². The predicted octanol–water partition coefficient (Wildman–Crippen LogP) is 0.282.